The second kappa shape index (κ2) is 9.36. The van der Waals surface area contributed by atoms with Gasteiger partial charge in [0.15, 0.2) is 0 Å². The second-order valence-electron chi connectivity index (χ2n) is 8.59. The number of anilines is 2. The van der Waals surface area contributed by atoms with Gasteiger partial charge >= 0.3 is 0 Å². The lowest BCUT2D eigenvalue weighted by molar-refractivity contribution is 0.507. The van der Waals surface area contributed by atoms with Crippen molar-refractivity contribution >= 4 is 33.0 Å². The number of pyridine rings is 3. The van der Waals surface area contributed by atoms with Crippen LogP contribution in [0.5, 0.6) is 0 Å². The van der Waals surface area contributed by atoms with Crippen LogP contribution >= 0.6 is 0 Å². The molecule has 5 rings (SSSR count). The molecule has 4 heterocycles. The van der Waals surface area contributed by atoms with Crippen LogP contribution in [0.25, 0.3) is 33.5 Å². The van der Waals surface area contributed by atoms with Crippen LogP contribution in [0.1, 0.15) is 18.4 Å². The van der Waals surface area contributed by atoms with Crippen molar-refractivity contribution in [2.24, 2.45) is 5.73 Å². The molecule has 0 radical (unpaired) electrons. The molecule has 0 spiro atoms. The van der Waals surface area contributed by atoms with Crippen LogP contribution in [0, 0.1) is 0 Å². The Labute approximate surface area is 199 Å². The van der Waals surface area contributed by atoms with Gasteiger partial charge in [-0.1, -0.05) is 18.2 Å². The highest BCUT2D eigenvalue weighted by Crippen LogP contribution is 2.32. The predicted molar refractivity (Wildman–Crippen MR) is 136 cm³/mol. The minimum atomic E-state index is -2.50. The zero-order valence-electron chi connectivity index (χ0n) is 18.6. The zero-order chi connectivity index (χ0) is 23.7. The minimum absolute atomic E-state index is 0.00678. The molecule has 1 aromatic carbocycles. The Morgan fingerprint density at radius 2 is 1.94 bits per heavy atom. The van der Waals surface area contributed by atoms with Crippen molar-refractivity contribution < 1.29 is 8.42 Å². The van der Waals surface area contributed by atoms with Gasteiger partial charge < -0.3 is 16.4 Å². The topological polar surface area (TPSA) is 128 Å². The Hall–Kier alpha value is -3.56. The van der Waals surface area contributed by atoms with Crippen molar-refractivity contribution in [3.8, 4) is 22.6 Å². The molecule has 34 heavy (non-hydrogen) atoms. The van der Waals surface area contributed by atoms with Gasteiger partial charge in [-0.05, 0) is 48.7 Å². The summed E-state index contributed by atoms with van der Waals surface area (Å²) in [6.07, 6.45) is 5.64. The van der Waals surface area contributed by atoms with Crippen LogP contribution in [0.2, 0.25) is 0 Å². The lowest BCUT2D eigenvalue weighted by Gasteiger charge is -2.33. The smallest absolute Gasteiger partial charge is 0.144 e. The number of fused-ring (bicyclic) bond motifs is 1. The van der Waals surface area contributed by atoms with Crippen molar-refractivity contribution in [1.82, 2.24) is 15.0 Å². The predicted octanol–water partition coefficient (Wildman–Crippen LogP) is 2.98. The first-order valence-electron chi connectivity index (χ1n) is 11.2. The molecular weight excluding hydrogens is 448 g/mol. The average molecular weight is 475 g/mol. The Morgan fingerprint density at radius 3 is 2.76 bits per heavy atom. The highest BCUT2D eigenvalue weighted by molar-refractivity contribution is 7.71. The van der Waals surface area contributed by atoms with Gasteiger partial charge in [-0.15, -0.1) is 0 Å². The fraction of sp³-hybridized carbons (Fsp3) is 0.240. The fourth-order valence-electron chi connectivity index (χ4n) is 4.48. The summed E-state index contributed by atoms with van der Waals surface area (Å²) in [5.74, 6) is -0.00678. The number of aromatic nitrogens is 3. The number of benzene rings is 1. The highest BCUT2D eigenvalue weighted by atomic mass is 32.2. The molecule has 174 valence electrons. The lowest BCUT2D eigenvalue weighted by Crippen LogP contribution is -2.42. The summed E-state index contributed by atoms with van der Waals surface area (Å²) in [5, 5.41) is 0.981. The number of thiol groups is 1. The second-order valence-corrected chi connectivity index (χ2v) is 9.57. The molecule has 0 unspecified atom stereocenters. The number of nitrogens with two attached hydrogens (primary N) is 2. The SMILES string of the molecule is Nc1ccc(-c2cccc(C[SH](=O)=O)c2)nc1-c1cc2c(N3CCC[C@H](N)C3)ccnc2cn1. The number of nitrogens with zero attached hydrogens (tertiary/aromatic N) is 4. The van der Waals surface area contributed by atoms with Gasteiger partial charge in [-0.2, -0.15) is 0 Å². The van der Waals surface area contributed by atoms with E-state index in [1.807, 2.05) is 36.4 Å². The maximum Gasteiger partial charge on any atom is 0.144 e. The largest absolute Gasteiger partial charge is 0.397 e. The van der Waals surface area contributed by atoms with Gasteiger partial charge in [-0.3, -0.25) is 9.97 Å². The molecule has 0 amide bonds. The molecule has 0 bridgehead atoms. The van der Waals surface area contributed by atoms with E-state index in [9.17, 15) is 8.42 Å². The first kappa shape index (κ1) is 22.2. The van der Waals surface area contributed by atoms with Crippen LogP contribution in [-0.2, 0) is 16.5 Å². The summed E-state index contributed by atoms with van der Waals surface area (Å²) >= 11 is 0. The van der Waals surface area contributed by atoms with Crippen molar-refractivity contribution in [2.45, 2.75) is 24.6 Å². The quantitative estimate of drug-likeness (QED) is 0.377. The van der Waals surface area contributed by atoms with E-state index in [0.717, 1.165) is 48.1 Å². The molecule has 0 aliphatic carbocycles. The summed E-state index contributed by atoms with van der Waals surface area (Å²) in [5.41, 5.74) is 18.4. The van der Waals surface area contributed by atoms with Crippen LogP contribution in [0.4, 0.5) is 11.4 Å². The zero-order valence-corrected chi connectivity index (χ0v) is 19.5. The third-order valence-electron chi connectivity index (χ3n) is 6.11. The molecule has 1 fully saturated rings. The molecule has 1 saturated heterocycles. The molecule has 1 aliphatic heterocycles. The van der Waals surface area contributed by atoms with Gasteiger partial charge in [0.05, 0.1) is 34.5 Å². The lowest BCUT2D eigenvalue weighted by atomic mass is 10.0. The molecule has 4 N–H and O–H groups in total. The number of nitrogen functional groups attached to an aromatic ring is 1. The molecule has 1 atom stereocenters. The van der Waals surface area contributed by atoms with E-state index in [4.69, 9.17) is 16.5 Å². The third-order valence-corrected chi connectivity index (χ3v) is 6.73. The molecular formula is C25H26N6O2S. The van der Waals surface area contributed by atoms with E-state index in [-0.39, 0.29) is 11.8 Å². The molecule has 4 aromatic rings. The summed E-state index contributed by atoms with van der Waals surface area (Å²) in [4.78, 5) is 16.2. The van der Waals surface area contributed by atoms with E-state index in [2.05, 4.69) is 14.9 Å². The Morgan fingerprint density at radius 1 is 1.06 bits per heavy atom. The van der Waals surface area contributed by atoms with Gasteiger partial charge in [0.25, 0.3) is 0 Å². The molecule has 3 aromatic heterocycles. The number of hydrogen-bond donors (Lipinski definition) is 3. The van der Waals surface area contributed by atoms with Crippen molar-refractivity contribution in [1.29, 1.82) is 0 Å². The van der Waals surface area contributed by atoms with E-state index in [1.165, 1.54) is 0 Å². The minimum Gasteiger partial charge on any atom is -0.397 e. The number of piperidine rings is 1. The van der Waals surface area contributed by atoms with Crippen LogP contribution in [-0.4, -0.2) is 42.5 Å². The normalized spacial score (nSPS) is 16.3. The summed E-state index contributed by atoms with van der Waals surface area (Å²) in [6, 6.07) is 15.2. The monoisotopic (exact) mass is 474 g/mol. The van der Waals surface area contributed by atoms with E-state index in [1.54, 1.807) is 24.5 Å². The van der Waals surface area contributed by atoms with Gasteiger partial charge in [0.1, 0.15) is 16.4 Å². The molecule has 1 aliphatic rings. The van der Waals surface area contributed by atoms with E-state index in [0.29, 0.717) is 28.3 Å². The van der Waals surface area contributed by atoms with Crippen molar-refractivity contribution in [2.75, 3.05) is 23.7 Å². The van der Waals surface area contributed by atoms with E-state index < -0.39 is 10.7 Å². The molecule has 9 heteroatoms. The first-order valence-corrected chi connectivity index (χ1v) is 12.6. The van der Waals surface area contributed by atoms with Crippen LogP contribution in [0.3, 0.4) is 0 Å². The average Bonchev–Trinajstić information content (AvgIpc) is 2.83. The highest BCUT2D eigenvalue weighted by Gasteiger charge is 2.20. The van der Waals surface area contributed by atoms with Gasteiger partial charge in [0.2, 0.25) is 0 Å². The third kappa shape index (κ3) is 4.57. The standard InChI is InChI=1S/C25H26N6O2S/c26-18-5-2-10-31(14-18)24-8-9-28-23-13-29-22(12-19(23)24)25-20(27)6-7-21(30-25)17-4-1-3-16(11-17)15-34(32)33/h1,3-4,6-9,11-13,18,34H,2,5,10,14-15,26-27H2/t18-/m0/s1. The van der Waals surface area contributed by atoms with Gasteiger partial charge in [-0.25, -0.2) is 13.4 Å². The summed E-state index contributed by atoms with van der Waals surface area (Å²) in [6.45, 7) is 1.75. The summed E-state index contributed by atoms with van der Waals surface area (Å²) in [7, 11) is -2.50. The Kier molecular flexibility index (Phi) is 6.12. The van der Waals surface area contributed by atoms with Crippen LogP contribution in [0.15, 0.2) is 60.9 Å². The number of rotatable bonds is 5. The van der Waals surface area contributed by atoms with Crippen LogP contribution < -0.4 is 16.4 Å². The Balaban J connectivity index is 1.57. The maximum atomic E-state index is 11.1. The van der Waals surface area contributed by atoms with E-state index >= 15 is 0 Å². The fourth-order valence-corrected chi connectivity index (χ4v) is 4.98. The molecule has 0 saturated carbocycles. The van der Waals surface area contributed by atoms with Crippen molar-refractivity contribution in [3.63, 3.8) is 0 Å². The maximum absolute atomic E-state index is 11.1. The van der Waals surface area contributed by atoms with Gasteiger partial charge in [0, 0.05) is 42.0 Å². The molecule has 8 nitrogen and oxygen atoms in total. The first-order chi connectivity index (χ1) is 16.5. The number of hydrogen-bond acceptors (Lipinski definition) is 8. The Bertz CT molecular complexity index is 1430. The summed E-state index contributed by atoms with van der Waals surface area (Å²) < 4.78 is 22.3. The van der Waals surface area contributed by atoms with Crippen molar-refractivity contribution in [3.05, 3.63) is 66.5 Å².